The Labute approximate surface area is 110 Å². The van der Waals surface area contributed by atoms with E-state index in [0.29, 0.717) is 6.79 Å². The molecule has 2 atom stereocenters. The van der Waals surface area contributed by atoms with Gasteiger partial charge in [0.05, 0.1) is 12.2 Å². The van der Waals surface area contributed by atoms with Gasteiger partial charge < -0.3 is 14.2 Å². The maximum atomic E-state index is 5.91. The second-order valence-corrected chi connectivity index (χ2v) is 5.84. The fourth-order valence-corrected chi connectivity index (χ4v) is 2.27. The molecule has 4 heteroatoms. The Bertz CT molecular complexity index is 390. The Morgan fingerprint density at radius 1 is 1.18 bits per heavy atom. The zero-order chi connectivity index (χ0) is 12.4. The van der Waals surface area contributed by atoms with Crippen molar-refractivity contribution in [3.8, 4) is 11.5 Å². The van der Waals surface area contributed by atoms with E-state index in [0.717, 1.165) is 17.1 Å². The van der Waals surface area contributed by atoms with Crippen molar-refractivity contribution < 1.29 is 14.2 Å². The van der Waals surface area contributed by atoms with E-state index in [9.17, 15) is 0 Å². The molecule has 0 N–H and O–H groups in total. The molecule has 0 saturated heterocycles. The van der Waals surface area contributed by atoms with Crippen molar-refractivity contribution in [3.05, 3.63) is 23.8 Å². The quantitative estimate of drug-likeness (QED) is 0.794. The standard InChI is InChI=1S/C13H17BrO3/c1-8(2)17-13(9(3)14)10-4-5-11-12(6-10)16-7-15-11/h4-6,8-9,13H,7H2,1-3H3/t9-,13-/m1/s1. The number of ether oxygens (including phenoxy) is 3. The molecular weight excluding hydrogens is 284 g/mol. The third kappa shape index (κ3) is 2.93. The summed E-state index contributed by atoms with van der Waals surface area (Å²) in [5, 5.41) is 0. The molecule has 0 aliphatic carbocycles. The minimum Gasteiger partial charge on any atom is -0.454 e. The normalized spacial score (nSPS) is 17.2. The molecule has 0 saturated carbocycles. The molecule has 0 aromatic heterocycles. The van der Waals surface area contributed by atoms with E-state index in [2.05, 4.69) is 22.9 Å². The monoisotopic (exact) mass is 300 g/mol. The van der Waals surface area contributed by atoms with Gasteiger partial charge in [0.2, 0.25) is 6.79 Å². The molecule has 0 amide bonds. The Hall–Kier alpha value is -0.740. The molecular formula is C13H17BrO3. The summed E-state index contributed by atoms with van der Waals surface area (Å²) in [5.74, 6) is 1.60. The SMILES string of the molecule is CC(C)O[C@@H](c1ccc2c(c1)OCO2)[C@@H](C)Br. The van der Waals surface area contributed by atoms with Gasteiger partial charge in [-0.05, 0) is 38.5 Å². The number of benzene rings is 1. The van der Waals surface area contributed by atoms with E-state index >= 15 is 0 Å². The van der Waals surface area contributed by atoms with Gasteiger partial charge in [0.15, 0.2) is 11.5 Å². The second kappa shape index (κ2) is 5.27. The van der Waals surface area contributed by atoms with Gasteiger partial charge in [-0.25, -0.2) is 0 Å². The highest BCUT2D eigenvalue weighted by Crippen LogP contribution is 2.37. The molecule has 0 fully saturated rings. The second-order valence-electron chi connectivity index (χ2n) is 4.40. The van der Waals surface area contributed by atoms with Crippen molar-refractivity contribution in [2.45, 2.75) is 37.8 Å². The highest BCUT2D eigenvalue weighted by atomic mass is 79.9. The fourth-order valence-electron chi connectivity index (χ4n) is 1.84. The number of hydrogen-bond acceptors (Lipinski definition) is 3. The first-order valence-corrected chi connectivity index (χ1v) is 6.68. The highest BCUT2D eigenvalue weighted by molar-refractivity contribution is 9.09. The molecule has 1 aromatic rings. The van der Waals surface area contributed by atoms with E-state index in [4.69, 9.17) is 14.2 Å². The lowest BCUT2D eigenvalue weighted by atomic mass is 10.1. The van der Waals surface area contributed by atoms with Crippen LogP contribution in [0.2, 0.25) is 0 Å². The van der Waals surface area contributed by atoms with Crippen LogP contribution in [0.4, 0.5) is 0 Å². The van der Waals surface area contributed by atoms with Crippen molar-refractivity contribution in [3.63, 3.8) is 0 Å². The van der Waals surface area contributed by atoms with Crippen molar-refractivity contribution >= 4 is 15.9 Å². The van der Waals surface area contributed by atoms with Crippen molar-refractivity contribution in [2.75, 3.05) is 6.79 Å². The lowest BCUT2D eigenvalue weighted by Gasteiger charge is -2.23. The predicted molar refractivity (Wildman–Crippen MR) is 69.9 cm³/mol. The molecule has 17 heavy (non-hydrogen) atoms. The molecule has 1 aromatic carbocycles. The third-order valence-electron chi connectivity index (χ3n) is 2.56. The Balaban J connectivity index is 2.24. The van der Waals surface area contributed by atoms with Gasteiger partial charge in [0.25, 0.3) is 0 Å². The third-order valence-corrected chi connectivity index (χ3v) is 3.04. The van der Waals surface area contributed by atoms with Crippen LogP contribution in [0, 0.1) is 0 Å². The van der Waals surface area contributed by atoms with Crippen molar-refractivity contribution in [1.82, 2.24) is 0 Å². The van der Waals surface area contributed by atoms with Gasteiger partial charge in [-0.2, -0.15) is 0 Å². The molecule has 1 heterocycles. The van der Waals surface area contributed by atoms with Crippen LogP contribution in [0.25, 0.3) is 0 Å². The summed E-state index contributed by atoms with van der Waals surface area (Å²) in [6.07, 6.45) is 0.204. The van der Waals surface area contributed by atoms with Gasteiger partial charge >= 0.3 is 0 Å². The van der Waals surface area contributed by atoms with Crippen molar-refractivity contribution in [1.29, 1.82) is 0 Å². The Morgan fingerprint density at radius 3 is 2.53 bits per heavy atom. The van der Waals surface area contributed by atoms with Crippen LogP contribution in [0.1, 0.15) is 32.4 Å². The van der Waals surface area contributed by atoms with Crippen LogP contribution >= 0.6 is 15.9 Å². The maximum absolute atomic E-state index is 5.91. The van der Waals surface area contributed by atoms with Crippen LogP contribution < -0.4 is 9.47 Å². The summed E-state index contributed by atoms with van der Waals surface area (Å²) < 4.78 is 16.6. The summed E-state index contributed by atoms with van der Waals surface area (Å²) in [6.45, 7) is 6.46. The van der Waals surface area contributed by atoms with Crippen LogP contribution in [-0.4, -0.2) is 17.7 Å². The van der Waals surface area contributed by atoms with E-state index in [1.54, 1.807) is 0 Å². The average molecular weight is 301 g/mol. The summed E-state index contributed by atoms with van der Waals surface area (Å²) in [6, 6.07) is 5.95. The predicted octanol–water partition coefficient (Wildman–Crippen LogP) is 3.66. The summed E-state index contributed by atoms with van der Waals surface area (Å²) in [4.78, 5) is 0.241. The maximum Gasteiger partial charge on any atom is 0.231 e. The molecule has 0 spiro atoms. The minimum absolute atomic E-state index is 0.0181. The van der Waals surface area contributed by atoms with Crippen LogP contribution in [0.15, 0.2) is 18.2 Å². The summed E-state index contributed by atoms with van der Waals surface area (Å²) >= 11 is 3.59. The van der Waals surface area contributed by atoms with Gasteiger partial charge in [-0.1, -0.05) is 22.0 Å². The summed E-state index contributed by atoms with van der Waals surface area (Å²) in [7, 11) is 0. The first-order valence-electron chi connectivity index (χ1n) is 5.77. The average Bonchev–Trinajstić information content (AvgIpc) is 2.72. The van der Waals surface area contributed by atoms with Gasteiger partial charge in [-0.3, -0.25) is 0 Å². The minimum atomic E-state index is 0.0181. The molecule has 2 rings (SSSR count). The van der Waals surface area contributed by atoms with E-state index in [1.807, 2.05) is 32.0 Å². The van der Waals surface area contributed by atoms with Gasteiger partial charge in [0, 0.05) is 4.83 Å². The smallest absolute Gasteiger partial charge is 0.231 e. The molecule has 0 radical (unpaired) electrons. The van der Waals surface area contributed by atoms with E-state index < -0.39 is 0 Å². The molecule has 1 aliphatic heterocycles. The first-order chi connectivity index (χ1) is 8.08. The van der Waals surface area contributed by atoms with E-state index in [-0.39, 0.29) is 17.0 Å². The lowest BCUT2D eigenvalue weighted by molar-refractivity contribution is 0.00875. The van der Waals surface area contributed by atoms with Gasteiger partial charge in [0.1, 0.15) is 0 Å². The van der Waals surface area contributed by atoms with Crippen LogP contribution in [0.5, 0.6) is 11.5 Å². The Kier molecular flexibility index (Phi) is 3.94. The van der Waals surface area contributed by atoms with E-state index in [1.165, 1.54) is 0 Å². The lowest BCUT2D eigenvalue weighted by Crippen LogP contribution is -2.17. The molecule has 3 nitrogen and oxygen atoms in total. The molecule has 94 valence electrons. The summed E-state index contributed by atoms with van der Waals surface area (Å²) in [5.41, 5.74) is 1.10. The van der Waals surface area contributed by atoms with Crippen LogP contribution in [0.3, 0.4) is 0 Å². The van der Waals surface area contributed by atoms with Crippen LogP contribution in [-0.2, 0) is 4.74 Å². The zero-order valence-electron chi connectivity index (χ0n) is 10.3. The molecule has 0 bridgehead atoms. The largest absolute Gasteiger partial charge is 0.454 e. The molecule has 1 aliphatic rings. The number of hydrogen-bond donors (Lipinski definition) is 0. The number of alkyl halides is 1. The number of rotatable bonds is 4. The number of fused-ring (bicyclic) bond motifs is 1. The highest BCUT2D eigenvalue weighted by Gasteiger charge is 2.22. The van der Waals surface area contributed by atoms with Crippen molar-refractivity contribution in [2.24, 2.45) is 0 Å². The topological polar surface area (TPSA) is 27.7 Å². The fraction of sp³-hybridized carbons (Fsp3) is 0.538. The zero-order valence-corrected chi connectivity index (χ0v) is 11.9. The number of halogens is 1. The Morgan fingerprint density at radius 2 is 1.88 bits per heavy atom. The first kappa shape index (κ1) is 12.7. The van der Waals surface area contributed by atoms with Gasteiger partial charge in [-0.15, -0.1) is 0 Å². The molecule has 0 unspecified atom stereocenters.